The average Bonchev–Trinajstić information content (AvgIpc) is 2.25. The zero-order chi connectivity index (χ0) is 13.1. The summed E-state index contributed by atoms with van der Waals surface area (Å²) in [4.78, 5) is -0.966. The van der Waals surface area contributed by atoms with Gasteiger partial charge in [0.25, 0.3) is 0 Å². The molecule has 0 bridgehead atoms. The molecule has 96 valence electrons. The zero-order valence-corrected chi connectivity index (χ0v) is 10.1. The molecule has 4 nitrogen and oxygen atoms in total. The predicted molar refractivity (Wildman–Crippen MR) is 59.8 cm³/mol. The van der Waals surface area contributed by atoms with Crippen LogP contribution in [0.5, 0.6) is 0 Å². The maximum Gasteiger partial charge on any atom is 0.246 e. The van der Waals surface area contributed by atoms with E-state index in [2.05, 4.69) is 4.72 Å². The van der Waals surface area contributed by atoms with Gasteiger partial charge in [-0.25, -0.2) is 21.9 Å². The highest BCUT2D eigenvalue weighted by Gasteiger charge is 2.25. The molecule has 0 heterocycles. The molecule has 0 saturated carbocycles. The first-order valence-corrected chi connectivity index (χ1v) is 6.57. The second-order valence-corrected chi connectivity index (χ2v) is 5.16. The third-order valence-corrected chi connectivity index (χ3v) is 3.86. The van der Waals surface area contributed by atoms with Crippen LogP contribution in [0.25, 0.3) is 0 Å². The van der Waals surface area contributed by atoms with E-state index in [1.54, 1.807) is 6.92 Å². The molecule has 1 aromatic rings. The Kier molecular flexibility index (Phi) is 4.55. The lowest BCUT2D eigenvalue weighted by Gasteiger charge is -2.15. The van der Waals surface area contributed by atoms with Crippen LogP contribution in [0.2, 0.25) is 0 Å². The Hall–Kier alpha value is -1.05. The number of hydrogen-bond donors (Lipinski definition) is 2. The van der Waals surface area contributed by atoms with Crippen molar-refractivity contribution in [3.63, 3.8) is 0 Å². The lowest BCUT2D eigenvalue weighted by molar-refractivity contribution is 0.502. The molecule has 17 heavy (non-hydrogen) atoms. The molecule has 0 radical (unpaired) electrons. The summed E-state index contributed by atoms with van der Waals surface area (Å²) in [6, 6.07) is 2.34. The summed E-state index contributed by atoms with van der Waals surface area (Å²) < 4.78 is 52.3. The maximum atomic E-state index is 13.3. The SMILES string of the molecule is CCC(CN)NS(=O)(=O)c1c(F)cccc1F. The van der Waals surface area contributed by atoms with Crippen molar-refractivity contribution in [1.29, 1.82) is 0 Å². The summed E-state index contributed by atoms with van der Waals surface area (Å²) in [5.41, 5.74) is 5.33. The molecule has 3 N–H and O–H groups in total. The van der Waals surface area contributed by atoms with Crippen LogP contribution in [0, 0.1) is 11.6 Å². The third kappa shape index (κ3) is 3.21. The molecule has 0 aliphatic rings. The third-order valence-electron chi connectivity index (χ3n) is 2.29. The molecular weight excluding hydrogens is 250 g/mol. The van der Waals surface area contributed by atoms with Gasteiger partial charge in [0.1, 0.15) is 11.6 Å². The van der Waals surface area contributed by atoms with Crippen LogP contribution in [0.1, 0.15) is 13.3 Å². The first-order chi connectivity index (χ1) is 7.92. The number of halogens is 2. The minimum Gasteiger partial charge on any atom is -0.329 e. The van der Waals surface area contributed by atoms with E-state index >= 15 is 0 Å². The molecule has 1 atom stereocenters. The monoisotopic (exact) mass is 264 g/mol. The van der Waals surface area contributed by atoms with Crippen LogP contribution < -0.4 is 10.5 Å². The van der Waals surface area contributed by atoms with E-state index in [1.165, 1.54) is 0 Å². The van der Waals surface area contributed by atoms with E-state index < -0.39 is 32.6 Å². The number of benzene rings is 1. The Bertz CT molecular complexity index is 467. The van der Waals surface area contributed by atoms with Crippen molar-refractivity contribution >= 4 is 10.0 Å². The summed E-state index contributed by atoms with van der Waals surface area (Å²) in [5.74, 6) is -2.24. The van der Waals surface area contributed by atoms with Crippen molar-refractivity contribution in [2.45, 2.75) is 24.3 Å². The quantitative estimate of drug-likeness (QED) is 0.832. The van der Waals surface area contributed by atoms with Crippen LogP contribution >= 0.6 is 0 Å². The summed E-state index contributed by atoms with van der Waals surface area (Å²) >= 11 is 0. The molecule has 0 amide bonds. The van der Waals surface area contributed by atoms with Gasteiger partial charge in [0.2, 0.25) is 10.0 Å². The number of hydrogen-bond acceptors (Lipinski definition) is 3. The minimum absolute atomic E-state index is 0.0613. The average molecular weight is 264 g/mol. The van der Waals surface area contributed by atoms with Crippen molar-refractivity contribution in [1.82, 2.24) is 4.72 Å². The molecule has 0 aliphatic heterocycles. The highest BCUT2D eigenvalue weighted by molar-refractivity contribution is 7.89. The number of rotatable bonds is 5. The molecule has 1 rings (SSSR count). The summed E-state index contributed by atoms with van der Waals surface area (Å²) in [5, 5.41) is 0. The smallest absolute Gasteiger partial charge is 0.246 e. The van der Waals surface area contributed by atoms with E-state index in [4.69, 9.17) is 5.73 Å². The Morgan fingerprint density at radius 3 is 2.29 bits per heavy atom. The number of nitrogens with one attached hydrogen (secondary N) is 1. The van der Waals surface area contributed by atoms with Gasteiger partial charge < -0.3 is 5.73 Å². The minimum atomic E-state index is -4.23. The second kappa shape index (κ2) is 5.52. The van der Waals surface area contributed by atoms with Crippen LogP contribution in [-0.2, 0) is 10.0 Å². The lowest BCUT2D eigenvalue weighted by atomic mass is 10.2. The van der Waals surface area contributed by atoms with Crippen molar-refractivity contribution in [3.05, 3.63) is 29.8 Å². The van der Waals surface area contributed by atoms with Gasteiger partial charge in [-0.15, -0.1) is 0 Å². The van der Waals surface area contributed by atoms with E-state index in [0.717, 1.165) is 18.2 Å². The highest BCUT2D eigenvalue weighted by atomic mass is 32.2. The Labute approximate surface area is 98.9 Å². The van der Waals surface area contributed by atoms with E-state index in [-0.39, 0.29) is 6.54 Å². The van der Waals surface area contributed by atoms with Crippen molar-refractivity contribution in [2.75, 3.05) is 6.54 Å². The number of nitrogens with two attached hydrogens (primary N) is 1. The van der Waals surface area contributed by atoms with Crippen molar-refractivity contribution < 1.29 is 17.2 Å². The summed E-state index contributed by atoms with van der Waals surface area (Å²) in [6.45, 7) is 1.78. The van der Waals surface area contributed by atoms with Gasteiger partial charge in [0.15, 0.2) is 4.90 Å². The maximum absolute atomic E-state index is 13.3. The second-order valence-electron chi connectivity index (χ2n) is 3.51. The standard InChI is InChI=1S/C10H14F2N2O2S/c1-2-7(6-13)14-17(15,16)10-8(11)4-3-5-9(10)12/h3-5,7,14H,2,6,13H2,1H3. The summed E-state index contributed by atoms with van der Waals surface area (Å²) in [7, 11) is -4.23. The normalized spacial score (nSPS) is 13.6. The van der Waals surface area contributed by atoms with Gasteiger partial charge >= 0.3 is 0 Å². The van der Waals surface area contributed by atoms with Gasteiger partial charge in [-0.3, -0.25) is 0 Å². The van der Waals surface area contributed by atoms with Crippen molar-refractivity contribution in [2.24, 2.45) is 5.73 Å². The Morgan fingerprint density at radius 2 is 1.88 bits per heavy atom. The van der Waals surface area contributed by atoms with Gasteiger partial charge in [-0.2, -0.15) is 0 Å². The fraction of sp³-hybridized carbons (Fsp3) is 0.400. The lowest BCUT2D eigenvalue weighted by Crippen LogP contribution is -2.40. The Balaban J connectivity index is 3.14. The summed E-state index contributed by atoms with van der Waals surface area (Å²) in [6.07, 6.45) is 0.436. The predicted octanol–water partition coefficient (Wildman–Crippen LogP) is 0.980. The first kappa shape index (κ1) is 14.0. The van der Waals surface area contributed by atoms with Gasteiger partial charge in [0, 0.05) is 12.6 Å². The molecule has 0 aliphatic carbocycles. The van der Waals surface area contributed by atoms with E-state index in [0.29, 0.717) is 6.42 Å². The van der Waals surface area contributed by atoms with Crippen LogP contribution in [0.3, 0.4) is 0 Å². The fourth-order valence-electron chi connectivity index (χ4n) is 1.32. The van der Waals surface area contributed by atoms with Crippen molar-refractivity contribution in [3.8, 4) is 0 Å². The van der Waals surface area contributed by atoms with Gasteiger partial charge in [-0.05, 0) is 18.6 Å². The fourth-order valence-corrected chi connectivity index (χ4v) is 2.78. The molecular formula is C10H14F2N2O2S. The highest BCUT2D eigenvalue weighted by Crippen LogP contribution is 2.18. The molecule has 0 saturated heterocycles. The van der Waals surface area contributed by atoms with Gasteiger partial charge in [0.05, 0.1) is 0 Å². The molecule has 1 unspecified atom stereocenters. The van der Waals surface area contributed by atoms with E-state index in [9.17, 15) is 17.2 Å². The van der Waals surface area contributed by atoms with E-state index in [1.807, 2.05) is 0 Å². The molecule has 1 aromatic carbocycles. The first-order valence-electron chi connectivity index (χ1n) is 5.08. The zero-order valence-electron chi connectivity index (χ0n) is 9.28. The van der Waals surface area contributed by atoms with Crippen LogP contribution in [0.4, 0.5) is 8.78 Å². The largest absolute Gasteiger partial charge is 0.329 e. The molecule has 0 fully saturated rings. The van der Waals surface area contributed by atoms with Gasteiger partial charge in [-0.1, -0.05) is 13.0 Å². The van der Waals surface area contributed by atoms with Crippen LogP contribution in [0.15, 0.2) is 23.1 Å². The Morgan fingerprint density at radius 1 is 1.35 bits per heavy atom. The number of sulfonamides is 1. The van der Waals surface area contributed by atoms with Crippen LogP contribution in [-0.4, -0.2) is 21.0 Å². The molecule has 0 spiro atoms. The topological polar surface area (TPSA) is 72.2 Å². The molecule has 0 aromatic heterocycles. The molecule has 7 heteroatoms.